The van der Waals surface area contributed by atoms with E-state index in [-0.39, 0.29) is 5.41 Å². The number of nitrogens with zero attached hydrogens (tertiary/aromatic N) is 2. The van der Waals surface area contributed by atoms with Gasteiger partial charge in [0.15, 0.2) is 0 Å². The first kappa shape index (κ1) is 14.8. The summed E-state index contributed by atoms with van der Waals surface area (Å²) in [5, 5.41) is 9.46. The van der Waals surface area contributed by atoms with Gasteiger partial charge in [-0.05, 0) is 37.7 Å². The van der Waals surface area contributed by atoms with Gasteiger partial charge in [-0.3, -0.25) is 4.98 Å². The van der Waals surface area contributed by atoms with Gasteiger partial charge in [-0.1, -0.05) is 20.8 Å². The molecule has 20 heavy (non-hydrogen) atoms. The first-order chi connectivity index (χ1) is 9.20. The van der Waals surface area contributed by atoms with Gasteiger partial charge < -0.3 is 10.0 Å². The minimum atomic E-state index is -0.885. The van der Waals surface area contributed by atoms with E-state index in [0.29, 0.717) is 17.2 Å². The van der Waals surface area contributed by atoms with Crippen molar-refractivity contribution in [3.63, 3.8) is 0 Å². The Balaban J connectivity index is 2.37. The van der Waals surface area contributed by atoms with E-state index in [2.05, 4.69) is 30.7 Å². The maximum atomic E-state index is 11.5. The Labute approximate surface area is 120 Å². The number of aromatic carboxylic acids is 1. The highest BCUT2D eigenvalue weighted by Crippen LogP contribution is 2.37. The molecule has 2 rings (SSSR count). The molecular formula is C16H24N2O2. The molecule has 1 atom stereocenters. The molecule has 1 saturated heterocycles. The molecule has 2 heterocycles. The molecule has 110 valence electrons. The lowest BCUT2D eigenvalue weighted by Crippen LogP contribution is -2.27. The van der Waals surface area contributed by atoms with Crippen molar-refractivity contribution in [1.29, 1.82) is 0 Å². The molecule has 0 aliphatic carbocycles. The van der Waals surface area contributed by atoms with E-state index < -0.39 is 5.97 Å². The van der Waals surface area contributed by atoms with Gasteiger partial charge in [-0.15, -0.1) is 0 Å². The largest absolute Gasteiger partial charge is 0.478 e. The van der Waals surface area contributed by atoms with Crippen LogP contribution in [0.5, 0.6) is 0 Å². The Hall–Kier alpha value is -1.58. The van der Waals surface area contributed by atoms with Crippen molar-refractivity contribution >= 4 is 11.7 Å². The predicted octanol–water partition coefficient (Wildman–Crippen LogP) is 3.27. The zero-order chi connectivity index (χ0) is 15.1. The summed E-state index contributed by atoms with van der Waals surface area (Å²) in [5.74, 6) is -0.290. The lowest BCUT2D eigenvalue weighted by atomic mass is 9.80. The van der Waals surface area contributed by atoms with Gasteiger partial charge in [0.1, 0.15) is 5.56 Å². The number of anilines is 1. The molecule has 1 aromatic rings. The Morgan fingerprint density at radius 1 is 1.40 bits per heavy atom. The van der Waals surface area contributed by atoms with Crippen molar-refractivity contribution in [2.24, 2.45) is 11.3 Å². The standard InChI is InChI=1S/C16H24N2O2/c1-10-8-13(14(15(19)20)11(2)17-10)18-7-6-12(9-18)16(3,4)5/h8,12H,6-7,9H2,1-5H3,(H,19,20). The van der Waals surface area contributed by atoms with Crippen molar-refractivity contribution in [3.8, 4) is 0 Å². The molecule has 0 bridgehead atoms. The summed E-state index contributed by atoms with van der Waals surface area (Å²) in [7, 11) is 0. The smallest absolute Gasteiger partial charge is 0.339 e. The Bertz CT molecular complexity index is 532. The van der Waals surface area contributed by atoms with E-state index in [1.165, 1.54) is 0 Å². The topological polar surface area (TPSA) is 53.4 Å². The van der Waals surface area contributed by atoms with Gasteiger partial charge in [0, 0.05) is 18.8 Å². The third-order valence-corrected chi connectivity index (χ3v) is 4.28. The second-order valence-electron chi connectivity index (χ2n) is 6.85. The Morgan fingerprint density at radius 2 is 2.05 bits per heavy atom. The minimum absolute atomic E-state index is 0.259. The number of carboxylic acids is 1. The second kappa shape index (κ2) is 5.08. The summed E-state index contributed by atoms with van der Waals surface area (Å²) >= 11 is 0. The lowest BCUT2D eigenvalue weighted by molar-refractivity contribution is 0.0696. The zero-order valence-corrected chi connectivity index (χ0v) is 13.0. The highest BCUT2D eigenvalue weighted by atomic mass is 16.4. The molecule has 1 N–H and O–H groups in total. The van der Waals surface area contributed by atoms with E-state index in [1.54, 1.807) is 6.92 Å². The third kappa shape index (κ3) is 2.79. The van der Waals surface area contributed by atoms with Crippen LogP contribution in [-0.4, -0.2) is 29.1 Å². The van der Waals surface area contributed by atoms with Gasteiger partial charge in [0.25, 0.3) is 0 Å². The van der Waals surface area contributed by atoms with Gasteiger partial charge in [0.2, 0.25) is 0 Å². The SMILES string of the molecule is Cc1cc(N2CCC(C(C)(C)C)C2)c(C(=O)O)c(C)n1. The molecule has 0 saturated carbocycles. The van der Waals surface area contributed by atoms with Crippen molar-refractivity contribution in [3.05, 3.63) is 23.0 Å². The van der Waals surface area contributed by atoms with Crippen LogP contribution < -0.4 is 4.90 Å². The molecule has 0 radical (unpaired) electrons. The summed E-state index contributed by atoms with van der Waals surface area (Å²) in [5.41, 5.74) is 2.92. The summed E-state index contributed by atoms with van der Waals surface area (Å²) in [4.78, 5) is 18.0. The molecule has 1 fully saturated rings. The van der Waals surface area contributed by atoms with E-state index in [0.717, 1.165) is 30.9 Å². The van der Waals surface area contributed by atoms with Crippen LogP contribution in [0.4, 0.5) is 5.69 Å². The van der Waals surface area contributed by atoms with Crippen LogP contribution >= 0.6 is 0 Å². The number of carboxylic acid groups (broad SMARTS) is 1. The van der Waals surface area contributed by atoms with Crippen LogP contribution in [0.25, 0.3) is 0 Å². The first-order valence-corrected chi connectivity index (χ1v) is 7.16. The normalized spacial score (nSPS) is 19.4. The number of aryl methyl sites for hydroxylation is 2. The highest BCUT2D eigenvalue weighted by molar-refractivity contribution is 5.95. The van der Waals surface area contributed by atoms with Gasteiger partial charge in [0.05, 0.1) is 11.4 Å². The van der Waals surface area contributed by atoms with E-state index in [4.69, 9.17) is 0 Å². The van der Waals surface area contributed by atoms with Crippen LogP contribution in [0, 0.1) is 25.2 Å². The Morgan fingerprint density at radius 3 is 2.55 bits per heavy atom. The fourth-order valence-corrected chi connectivity index (χ4v) is 3.01. The van der Waals surface area contributed by atoms with Crippen LogP contribution in [0.2, 0.25) is 0 Å². The van der Waals surface area contributed by atoms with Gasteiger partial charge >= 0.3 is 5.97 Å². The van der Waals surface area contributed by atoms with Crippen molar-refractivity contribution < 1.29 is 9.90 Å². The Kier molecular flexibility index (Phi) is 3.76. The summed E-state index contributed by atoms with van der Waals surface area (Å²) in [6.07, 6.45) is 1.11. The van der Waals surface area contributed by atoms with Crippen LogP contribution in [0.15, 0.2) is 6.07 Å². The van der Waals surface area contributed by atoms with Crippen molar-refractivity contribution in [2.45, 2.75) is 41.0 Å². The fraction of sp³-hybridized carbons (Fsp3) is 0.625. The quantitative estimate of drug-likeness (QED) is 0.900. The number of hydrogen-bond acceptors (Lipinski definition) is 3. The van der Waals surface area contributed by atoms with Crippen LogP contribution in [0.1, 0.15) is 48.9 Å². The molecule has 0 amide bonds. The molecule has 0 spiro atoms. The summed E-state index contributed by atoms with van der Waals surface area (Å²) in [6, 6.07) is 1.90. The average molecular weight is 276 g/mol. The monoisotopic (exact) mass is 276 g/mol. The minimum Gasteiger partial charge on any atom is -0.478 e. The molecule has 4 nitrogen and oxygen atoms in total. The molecule has 1 aliphatic heterocycles. The number of hydrogen-bond donors (Lipinski definition) is 1. The van der Waals surface area contributed by atoms with Crippen LogP contribution in [-0.2, 0) is 0 Å². The molecular weight excluding hydrogens is 252 g/mol. The highest BCUT2D eigenvalue weighted by Gasteiger charge is 2.33. The van der Waals surface area contributed by atoms with Gasteiger partial charge in [-0.2, -0.15) is 0 Å². The van der Waals surface area contributed by atoms with Gasteiger partial charge in [-0.25, -0.2) is 4.79 Å². The maximum Gasteiger partial charge on any atom is 0.339 e. The lowest BCUT2D eigenvalue weighted by Gasteiger charge is -2.28. The summed E-state index contributed by atoms with van der Waals surface area (Å²) < 4.78 is 0. The molecule has 0 aromatic carbocycles. The number of carbonyl (C=O) groups is 1. The maximum absolute atomic E-state index is 11.5. The van der Waals surface area contributed by atoms with Crippen LogP contribution in [0.3, 0.4) is 0 Å². The van der Waals surface area contributed by atoms with E-state index in [1.807, 2.05) is 13.0 Å². The number of pyridine rings is 1. The average Bonchev–Trinajstić information content (AvgIpc) is 2.75. The molecule has 4 heteroatoms. The molecule has 1 aliphatic rings. The number of aromatic nitrogens is 1. The molecule has 1 aromatic heterocycles. The van der Waals surface area contributed by atoms with E-state index in [9.17, 15) is 9.90 Å². The van der Waals surface area contributed by atoms with Crippen molar-refractivity contribution in [1.82, 2.24) is 4.98 Å². The zero-order valence-electron chi connectivity index (χ0n) is 13.0. The van der Waals surface area contributed by atoms with E-state index >= 15 is 0 Å². The first-order valence-electron chi connectivity index (χ1n) is 7.16. The van der Waals surface area contributed by atoms with Crippen molar-refractivity contribution in [2.75, 3.05) is 18.0 Å². The second-order valence-corrected chi connectivity index (χ2v) is 6.85. The predicted molar refractivity (Wildman–Crippen MR) is 80.4 cm³/mol. The fourth-order valence-electron chi connectivity index (χ4n) is 3.01. The summed E-state index contributed by atoms with van der Waals surface area (Å²) in [6.45, 7) is 12.3. The number of rotatable bonds is 2. The molecule has 1 unspecified atom stereocenters. The third-order valence-electron chi connectivity index (χ3n) is 4.28.